The third-order valence-electron chi connectivity index (χ3n) is 5.08. The van der Waals surface area contributed by atoms with Crippen molar-refractivity contribution in [1.82, 2.24) is 4.90 Å². The summed E-state index contributed by atoms with van der Waals surface area (Å²) < 4.78 is 5.33. The second-order valence-corrected chi connectivity index (χ2v) is 7.21. The summed E-state index contributed by atoms with van der Waals surface area (Å²) in [7, 11) is 0. The molecule has 7 nitrogen and oxygen atoms in total. The number of nitriles is 1. The van der Waals surface area contributed by atoms with E-state index in [0.29, 0.717) is 41.2 Å². The molecule has 0 unspecified atom stereocenters. The first-order valence-corrected chi connectivity index (χ1v) is 9.81. The van der Waals surface area contributed by atoms with E-state index in [4.69, 9.17) is 9.68 Å². The molecule has 0 radical (unpaired) electrons. The molecule has 154 valence electrons. The van der Waals surface area contributed by atoms with Crippen molar-refractivity contribution < 1.29 is 18.8 Å². The van der Waals surface area contributed by atoms with Crippen LogP contribution in [0.4, 0.5) is 5.69 Å². The SMILES string of the molecule is N#CCCN(CC(=O)Nc1ccc2c(c1)C(=O)c1ccccc1C2=O)Cc1ccco1. The maximum atomic E-state index is 12.9. The summed E-state index contributed by atoms with van der Waals surface area (Å²) in [4.78, 5) is 40.0. The molecule has 0 aliphatic heterocycles. The van der Waals surface area contributed by atoms with Crippen LogP contribution in [-0.4, -0.2) is 35.5 Å². The summed E-state index contributed by atoms with van der Waals surface area (Å²) in [5.74, 6) is -0.0410. The molecular formula is C24H19N3O4. The predicted octanol–water partition coefficient (Wildman–Crippen LogP) is 3.41. The molecule has 0 atom stereocenters. The van der Waals surface area contributed by atoms with Crippen molar-refractivity contribution in [3.05, 3.63) is 88.9 Å². The molecule has 1 aromatic heterocycles. The molecule has 1 aliphatic carbocycles. The molecule has 1 heterocycles. The van der Waals surface area contributed by atoms with E-state index in [2.05, 4.69) is 11.4 Å². The van der Waals surface area contributed by atoms with Crippen LogP contribution in [0.15, 0.2) is 65.3 Å². The normalized spacial score (nSPS) is 12.3. The second-order valence-electron chi connectivity index (χ2n) is 7.21. The maximum Gasteiger partial charge on any atom is 0.238 e. The molecule has 31 heavy (non-hydrogen) atoms. The van der Waals surface area contributed by atoms with Crippen LogP contribution in [0, 0.1) is 11.3 Å². The van der Waals surface area contributed by atoms with Crippen LogP contribution in [0.2, 0.25) is 0 Å². The number of fused-ring (bicyclic) bond motifs is 2. The van der Waals surface area contributed by atoms with Crippen molar-refractivity contribution in [1.29, 1.82) is 5.26 Å². The summed E-state index contributed by atoms with van der Waals surface area (Å²) in [6.07, 6.45) is 1.84. The molecule has 1 N–H and O–H groups in total. The molecule has 0 spiro atoms. The Kier molecular flexibility index (Phi) is 5.74. The average Bonchev–Trinajstić information content (AvgIpc) is 3.29. The highest BCUT2D eigenvalue weighted by Gasteiger charge is 2.29. The lowest BCUT2D eigenvalue weighted by atomic mass is 9.84. The van der Waals surface area contributed by atoms with E-state index in [1.54, 1.807) is 59.7 Å². The van der Waals surface area contributed by atoms with Crippen LogP contribution in [0.3, 0.4) is 0 Å². The van der Waals surface area contributed by atoms with Gasteiger partial charge in [-0.1, -0.05) is 24.3 Å². The van der Waals surface area contributed by atoms with E-state index in [-0.39, 0.29) is 36.0 Å². The smallest absolute Gasteiger partial charge is 0.238 e. The number of benzene rings is 2. The van der Waals surface area contributed by atoms with Crippen LogP contribution < -0.4 is 5.32 Å². The fourth-order valence-corrected chi connectivity index (χ4v) is 3.63. The van der Waals surface area contributed by atoms with E-state index in [1.165, 1.54) is 6.07 Å². The Labute approximate surface area is 178 Å². The zero-order valence-corrected chi connectivity index (χ0v) is 16.6. The van der Waals surface area contributed by atoms with Crippen molar-refractivity contribution >= 4 is 23.2 Å². The summed E-state index contributed by atoms with van der Waals surface area (Å²) in [5.41, 5.74) is 1.79. The van der Waals surface area contributed by atoms with E-state index >= 15 is 0 Å². The van der Waals surface area contributed by atoms with Gasteiger partial charge in [-0.15, -0.1) is 0 Å². The number of carbonyl (C=O) groups excluding carboxylic acids is 3. The number of rotatable bonds is 7. The lowest BCUT2D eigenvalue weighted by molar-refractivity contribution is -0.117. The minimum atomic E-state index is -0.292. The predicted molar refractivity (Wildman–Crippen MR) is 113 cm³/mol. The first-order chi connectivity index (χ1) is 15.1. The van der Waals surface area contributed by atoms with Crippen LogP contribution in [0.25, 0.3) is 0 Å². The van der Waals surface area contributed by atoms with Crippen molar-refractivity contribution in [3.8, 4) is 6.07 Å². The molecule has 1 amide bonds. The fraction of sp³-hybridized carbons (Fsp3) is 0.167. The Balaban J connectivity index is 1.49. The van der Waals surface area contributed by atoms with Gasteiger partial charge in [0.25, 0.3) is 0 Å². The standard InChI is InChI=1S/C24H19N3O4/c25-10-4-11-27(14-17-5-3-12-31-17)15-22(28)26-16-8-9-20-21(13-16)24(30)19-7-2-1-6-18(19)23(20)29/h1-3,5-9,12-13H,4,11,14-15H2,(H,26,28). The van der Waals surface area contributed by atoms with Crippen molar-refractivity contribution in [2.24, 2.45) is 0 Å². The Bertz CT molecular complexity index is 1190. The number of anilines is 1. The van der Waals surface area contributed by atoms with Gasteiger partial charge in [0.2, 0.25) is 5.91 Å². The van der Waals surface area contributed by atoms with Gasteiger partial charge in [-0.05, 0) is 30.3 Å². The van der Waals surface area contributed by atoms with E-state index in [1.807, 2.05) is 0 Å². The first-order valence-electron chi connectivity index (χ1n) is 9.81. The van der Waals surface area contributed by atoms with Crippen LogP contribution in [0.1, 0.15) is 44.0 Å². The molecular weight excluding hydrogens is 394 g/mol. The van der Waals surface area contributed by atoms with Gasteiger partial charge >= 0.3 is 0 Å². The number of hydrogen-bond acceptors (Lipinski definition) is 6. The Morgan fingerprint density at radius 3 is 2.35 bits per heavy atom. The molecule has 1 aliphatic rings. The first kappa shape index (κ1) is 20.3. The number of nitrogens with one attached hydrogen (secondary N) is 1. The van der Waals surface area contributed by atoms with Crippen molar-refractivity contribution in [2.75, 3.05) is 18.4 Å². The van der Waals surface area contributed by atoms with Gasteiger partial charge in [0.1, 0.15) is 5.76 Å². The molecule has 0 bridgehead atoms. The zero-order chi connectivity index (χ0) is 21.8. The number of amides is 1. The fourth-order valence-electron chi connectivity index (χ4n) is 3.63. The largest absolute Gasteiger partial charge is 0.468 e. The topological polar surface area (TPSA) is 103 Å². The Morgan fingerprint density at radius 2 is 1.68 bits per heavy atom. The van der Waals surface area contributed by atoms with Crippen molar-refractivity contribution in [2.45, 2.75) is 13.0 Å². The van der Waals surface area contributed by atoms with Gasteiger partial charge < -0.3 is 9.73 Å². The van der Waals surface area contributed by atoms with Gasteiger partial charge in [-0.25, -0.2) is 0 Å². The van der Waals surface area contributed by atoms with Crippen LogP contribution >= 0.6 is 0 Å². The third-order valence-corrected chi connectivity index (χ3v) is 5.08. The highest BCUT2D eigenvalue weighted by Crippen LogP contribution is 2.29. The number of ketones is 2. The molecule has 0 saturated carbocycles. The van der Waals surface area contributed by atoms with Gasteiger partial charge in [0.05, 0.1) is 25.4 Å². The average molecular weight is 413 g/mol. The van der Waals surface area contributed by atoms with Crippen molar-refractivity contribution in [3.63, 3.8) is 0 Å². The number of furan rings is 1. The molecule has 0 fully saturated rings. The molecule has 2 aromatic carbocycles. The quantitative estimate of drug-likeness (QED) is 0.498. The van der Waals surface area contributed by atoms with Crippen LogP contribution in [0.5, 0.6) is 0 Å². The lowest BCUT2D eigenvalue weighted by Crippen LogP contribution is -2.33. The molecule has 7 heteroatoms. The highest BCUT2D eigenvalue weighted by atomic mass is 16.3. The second kappa shape index (κ2) is 8.78. The van der Waals surface area contributed by atoms with E-state index in [9.17, 15) is 14.4 Å². The Morgan fingerprint density at radius 1 is 0.968 bits per heavy atom. The summed E-state index contributed by atoms with van der Waals surface area (Å²) in [6, 6.07) is 17.1. The monoisotopic (exact) mass is 413 g/mol. The van der Waals surface area contributed by atoms with Gasteiger partial charge in [0, 0.05) is 40.9 Å². The molecule has 3 aromatic rings. The summed E-state index contributed by atoms with van der Waals surface area (Å²) >= 11 is 0. The van der Waals surface area contributed by atoms with Gasteiger partial charge in [-0.2, -0.15) is 5.26 Å². The van der Waals surface area contributed by atoms with Gasteiger partial charge in [0.15, 0.2) is 11.6 Å². The minimum Gasteiger partial charge on any atom is -0.468 e. The number of hydrogen-bond donors (Lipinski definition) is 1. The van der Waals surface area contributed by atoms with Gasteiger partial charge in [-0.3, -0.25) is 19.3 Å². The minimum absolute atomic E-state index is 0.0508. The number of nitrogens with zero attached hydrogens (tertiary/aromatic N) is 2. The number of carbonyl (C=O) groups is 3. The highest BCUT2D eigenvalue weighted by molar-refractivity contribution is 6.28. The van der Waals surface area contributed by atoms with E-state index < -0.39 is 0 Å². The van der Waals surface area contributed by atoms with Crippen LogP contribution in [-0.2, 0) is 11.3 Å². The summed E-state index contributed by atoms with van der Waals surface area (Å²) in [6.45, 7) is 0.865. The summed E-state index contributed by atoms with van der Waals surface area (Å²) in [5, 5.41) is 11.7. The lowest BCUT2D eigenvalue weighted by Gasteiger charge is -2.20. The zero-order valence-electron chi connectivity index (χ0n) is 16.6. The Hall–Kier alpha value is -4.02. The molecule has 4 rings (SSSR count). The molecule has 0 saturated heterocycles. The third kappa shape index (κ3) is 4.29. The maximum absolute atomic E-state index is 12.9. The van der Waals surface area contributed by atoms with E-state index in [0.717, 1.165) is 0 Å².